The second-order valence-electron chi connectivity index (χ2n) is 5.29. The van der Waals surface area contributed by atoms with E-state index in [4.69, 9.17) is 5.11 Å². The van der Waals surface area contributed by atoms with Gasteiger partial charge in [0.05, 0.1) is 0 Å². The van der Waals surface area contributed by atoms with Gasteiger partial charge >= 0.3 is 5.97 Å². The standard InChI is InChI=1S/C14H17N5O3/c20-12-10(13(21)22)7-9-8-16-14(18-11(9)17-12)15-3-6-19-4-1-2-5-19/h7-8H,1-6H2,(H,21,22)(H2,15,16,17,18,20). The molecule has 0 radical (unpaired) electrons. The maximum Gasteiger partial charge on any atom is 0.341 e. The van der Waals surface area contributed by atoms with Crippen LogP contribution in [-0.4, -0.2) is 57.1 Å². The highest BCUT2D eigenvalue weighted by Gasteiger charge is 2.12. The highest BCUT2D eigenvalue weighted by molar-refractivity contribution is 5.91. The van der Waals surface area contributed by atoms with Crippen molar-refractivity contribution in [3.05, 3.63) is 28.2 Å². The van der Waals surface area contributed by atoms with Gasteiger partial charge in [-0.1, -0.05) is 0 Å². The minimum absolute atomic E-state index is 0.314. The summed E-state index contributed by atoms with van der Waals surface area (Å²) in [6.07, 6.45) is 4.00. The third-order valence-corrected chi connectivity index (χ3v) is 3.73. The largest absolute Gasteiger partial charge is 0.477 e. The number of fused-ring (bicyclic) bond motifs is 1. The van der Waals surface area contributed by atoms with E-state index in [1.54, 1.807) is 0 Å². The third-order valence-electron chi connectivity index (χ3n) is 3.73. The molecular weight excluding hydrogens is 286 g/mol. The summed E-state index contributed by atoms with van der Waals surface area (Å²) in [5.74, 6) is -0.846. The number of carbonyl (C=O) groups is 1. The molecule has 0 atom stereocenters. The Morgan fingerprint density at radius 2 is 2.18 bits per heavy atom. The first-order valence-electron chi connectivity index (χ1n) is 7.23. The fourth-order valence-electron chi connectivity index (χ4n) is 2.57. The van der Waals surface area contributed by atoms with Crippen LogP contribution in [0.1, 0.15) is 23.2 Å². The van der Waals surface area contributed by atoms with Crippen LogP contribution in [0.25, 0.3) is 11.0 Å². The Bertz CT molecular complexity index is 752. The van der Waals surface area contributed by atoms with E-state index < -0.39 is 11.5 Å². The van der Waals surface area contributed by atoms with Crippen molar-refractivity contribution < 1.29 is 9.90 Å². The van der Waals surface area contributed by atoms with E-state index in [0.717, 1.165) is 26.2 Å². The number of anilines is 1. The quantitative estimate of drug-likeness (QED) is 0.738. The minimum Gasteiger partial charge on any atom is -0.477 e. The normalized spacial score (nSPS) is 15.3. The van der Waals surface area contributed by atoms with Crippen LogP contribution in [0.2, 0.25) is 0 Å². The number of aromatic carboxylic acids is 1. The lowest BCUT2D eigenvalue weighted by Gasteiger charge is -2.14. The van der Waals surface area contributed by atoms with E-state index in [1.165, 1.54) is 25.1 Å². The number of nitrogens with one attached hydrogen (secondary N) is 2. The Hall–Kier alpha value is -2.48. The molecule has 0 bridgehead atoms. The molecule has 8 nitrogen and oxygen atoms in total. The lowest BCUT2D eigenvalue weighted by atomic mass is 10.2. The Morgan fingerprint density at radius 1 is 1.41 bits per heavy atom. The van der Waals surface area contributed by atoms with Crippen LogP contribution >= 0.6 is 0 Å². The maximum atomic E-state index is 11.7. The molecule has 116 valence electrons. The van der Waals surface area contributed by atoms with Gasteiger partial charge in [-0.25, -0.2) is 9.78 Å². The van der Waals surface area contributed by atoms with Crippen molar-refractivity contribution in [2.24, 2.45) is 0 Å². The van der Waals surface area contributed by atoms with Gasteiger partial charge in [-0.05, 0) is 32.0 Å². The molecule has 1 aliphatic rings. The van der Waals surface area contributed by atoms with Crippen molar-refractivity contribution in [1.29, 1.82) is 0 Å². The summed E-state index contributed by atoms with van der Waals surface area (Å²) in [5.41, 5.74) is -0.652. The smallest absolute Gasteiger partial charge is 0.341 e. The van der Waals surface area contributed by atoms with Gasteiger partial charge in [-0.15, -0.1) is 0 Å². The highest BCUT2D eigenvalue weighted by Crippen LogP contribution is 2.10. The van der Waals surface area contributed by atoms with Crippen molar-refractivity contribution in [3.63, 3.8) is 0 Å². The van der Waals surface area contributed by atoms with Gasteiger partial charge in [0.1, 0.15) is 11.2 Å². The lowest BCUT2D eigenvalue weighted by Crippen LogP contribution is -2.26. The van der Waals surface area contributed by atoms with Crippen LogP contribution in [0.4, 0.5) is 5.95 Å². The topological polar surface area (TPSA) is 111 Å². The molecule has 3 heterocycles. The lowest BCUT2D eigenvalue weighted by molar-refractivity contribution is 0.0695. The zero-order valence-corrected chi connectivity index (χ0v) is 12.0. The molecule has 1 aliphatic heterocycles. The SMILES string of the molecule is O=C(O)c1cc2cnc(NCCN3CCCC3)nc2[nH]c1=O. The number of carboxylic acids is 1. The molecule has 0 aromatic carbocycles. The molecule has 0 spiro atoms. The Labute approximate surface area is 126 Å². The summed E-state index contributed by atoms with van der Waals surface area (Å²) in [6, 6.07) is 1.28. The number of H-pyrrole nitrogens is 1. The molecular formula is C14H17N5O3. The zero-order chi connectivity index (χ0) is 15.5. The molecule has 3 N–H and O–H groups in total. The first-order valence-corrected chi connectivity index (χ1v) is 7.23. The number of pyridine rings is 1. The Balaban J connectivity index is 1.73. The monoisotopic (exact) mass is 303 g/mol. The first kappa shape index (κ1) is 14.5. The van der Waals surface area contributed by atoms with Gasteiger partial charge in [-0.3, -0.25) is 4.79 Å². The molecule has 0 unspecified atom stereocenters. The fourth-order valence-corrected chi connectivity index (χ4v) is 2.57. The van der Waals surface area contributed by atoms with E-state index in [0.29, 0.717) is 17.0 Å². The van der Waals surface area contributed by atoms with Crippen molar-refractivity contribution >= 4 is 23.0 Å². The Morgan fingerprint density at radius 3 is 2.91 bits per heavy atom. The van der Waals surface area contributed by atoms with Crippen LogP contribution in [0.3, 0.4) is 0 Å². The average Bonchev–Trinajstić information content (AvgIpc) is 2.99. The molecule has 22 heavy (non-hydrogen) atoms. The predicted molar refractivity (Wildman–Crippen MR) is 81.3 cm³/mol. The number of rotatable bonds is 5. The third kappa shape index (κ3) is 3.06. The second-order valence-corrected chi connectivity index (χ2v) is 5.29. The maximum absolute atomic E-state index is 11.7. The molecule has 2 aromatic rings. The Kier molecular flexibility index (Phi) is 4.01. The minimum atomic E-state index is -1.27. The molecule has 3 rings (SSSR count). The molecule has 1 fully saturated rings. The van der Waals surface area contributed by atoms with Gasteiger partial charge < -0.3 is 20.3 Å². The van der Waals surface area contributed by atoms with Gasteiger partial charge in [0.15, 0.2) is 0 Å². The summed E-state index contributed by atoms with van der Waals surface area (Å²) in [7, 11) is 0. The first-order chi connectivity index (χ1) is 10.6. The summed E-state index contributed by atoms with van der Waals surface area (Å²) in [5, 5.41) is 12.5. The summed E-state index contributed by atoms with van der Waals surface area (Å²) < 4.78 is 0. The van der Waals surface area contributed by atoms with Gasteiger partial charge in [-0.2, -0.15) is 4.98 Å². The fraction of sp³-hybridized carbons (Fsp3) is 0.429. The van der Waals surface area contributed by atoms with Gasteiger partial charge in [0.2, 0.25) is 5.95 Å². The number of hydrogen-bond acceptors (Lipinski definition) is 6. The summed E-state index contributed by atoms with van der Waals surface area (Å²) in [4.78, 5) is 35.8. The van der Waals surface area contributed by atoms with Crippen molar-refractivity contribution in [2.45, 2.75) is 12.8 Å². The van der Waals surface area contributed by atoms with Crippen molar-refractivity contribution in [2.75, 3.05) is 31.5 Å². The molecule has 2 aromatic heterocycles. The van der Waals surface area contributed by atoms with E-state index in [2.05, 4.69) is 25.2 Å². The average molecular weight is 303 g/mol. The zero-order valence-electron chi connectivity index (χ0n) is 12.0. The van der Waals surface area contributed by atoms with Crippen molar-refractivity contribution in [3.8, 4) is 0 Å². The van der Waals surface area contributed by atoms with E-state index in [-0.39, 0.29) is 5.56 Å². The van der Waals surface area contributed by atoms with Crippen molar-refractivity contribution in [1.82, 2.24) is 19.9 Å². The summed E-state index contributed by atoms with van der Waals surface area (Å²) in [6.45, 7) is 3.91. The predicted octanol–water partition coefficient (Wildman–Crippen LogP) is 0.524. The molecule has 8 heteroatoms. The van der Waals surface area contributed by atoms with Crippen LogP contribution in [0, 0.1) is 0 Å². The van der Waals surface area contributed by atoms with Crippen LogP contribution < -0.4 is 10.9 Å². The molecule has 0 saturated carbocycles. The van der Waals surface area contributed by atoms with E-state index in [9.17, 15) is 9.59 Å². The molecule has 0 aliphatic carbocycles. The number of carboxylic acid groups (broad SMARTS) is 1. The highest BCUT2D eigenvalue weighted by atomic mass is 16.4. The number of aromatic amines is 1. The molecule has 1 saturated heterocycles. The van der Waals surface area contributed by atoms with Gasteiger partial charge in [0.25, 0.3) is 5.56 Å². The van der Waals surface area contributed by atoms with Gasteiger partial charge in [0, 0.05) is 24.7 Å². The van der Waals surface area contributed by atoms with Crippen LogP contribution in [-0.2, 0) is 0 Å². The van der Waals surface area contributed by atoms with Crippen LogP contribution in [0.5, 0.6) is 0 Å². The van der Waals surface area contributed by atoms with Crippen LogP contribution in [0.15, 0.2) is 17.1 Å². The van der Waals surface area contributed by atoms with E-state index in [1.807, 2.05) is 0 Å². The number of likely N-dealkylation sites (tertiary alicyclic amines) is 1. The number of aromatic nitrogens is 3. The molecule has 0 amide bonds. The number of hydrogen-bond donors (Lipinski definition) is 3. The summed E-state index contributed by atoms with van der Waals surface area (Å²) >= 11 is 0. The van der Waals surface area contributed by atoms with E-state index >= 15 is 0 Å². The number of nitrogens with zero attached hydrogens (tertiary/aromatic N) is 3. The second kappa shape index (κ2) is 6.10.